The maximum atomic E-state index is 12.5. The maximum Gasteiger partial charge on any atom is 0.408 e. The van der Waals surface area contributed by atoms with Gasteiger partial charge < -0.3 is 19.7 Å². The lowest BCUT2D eigenvalue weighted by Gasteiger charge is -2.41. The molecular weight excluding hydrogens is 374 g/mol. The van der Waals surface area contributed by atoms with E-state index >= 15 is 0 Å². The molecule has 1 aliphatic rings. The van der Waals surface area contributed by atoms with Crippen molar-refractivity contribution in [3.8, 4) is 0 Å². The molecule has 0 spiro atoms. The number of hydrogen-bond donors (Lipinski definition) is 2. The summed E-state index contributed by atoms with van der Waals surface area (Å²) in [6.45, 7) is 4.56. The van der Waals surface area contributed by atoms with Gasteiger partial charge in [0.1, 0.15) is 12.1 Å². The summed E-state index contributed by atoms with van der Waals surface area (Å²) in [7, 11) is 0. The second-order valence-electron chi connectivity index (χ2n) is 8.34. The van der Waals surface area contributed by atoms with E-state index in [0.29, 0.717) is 18.7 Å². The fourth-order valence-corrected chi connectivity index (χ4v) is 3.48. The van der Waals surface area contributed by atoms with Crippen LogP contribution in [0.4, 0.5) is 4.79 Å². The number of carboxylic acids is 1. The van der Waals surface area contributed by atoms with E-state index in [9.17, 15) is 9.59 Å². The van der Waals surface area contributed by atoms with Crippen molar-refractivity contribution in [3.05, 3.63) is 47.6 Å². The fourth-order valence-electron chi connectivity index (χ4n) is 3.48. The molecule has 29 heavy (non-hydrogen) atoms. The van der Waals surface area contributed by atoms with E-state index < -0.39 is 17.6 Å². The monoisotopic (exact) mass is 401 g/mol. The van der Waals surface area contributed by atoms with Gasteiger partial charge in [-0.2, -0.15) is 4.98 Å². The van der Waals surface area contributed by atoms with Crippen LogP contribution in [0.15, 0.2) is 34.9 Å². The molecular formula is C21H27N3O5. The number of aryl methyl sites for hydroxylation is 1. The van der Waals surface area contributed by atoms with Gasteiger partial charge in [-0.15, -0.1) is 0 Å². The molecule has 0 unspecified atom stereocenters. The Kier molecular flexibility index (Phi) is 6.20. The molecule has 0 saturated heterocycles. The fraction of sp³-hybridized carbons (Fsp3) is 0.524. The number of amides is 1. The summed E-state index contributed by atoms with van der Waals surface area (Å²) in [4.78, 5) is 27.7. The van der Waals surface area contributed by atoms with E-state index in [2.05, 4.69) is 29.3 Å². The van der Waals surface area contributed by atoms with Crippen molar-refractivity contribution < 1.29 is 24.0 Å². The summed E-state index contributed by atoms with van der Waals surface area (Å²) >= 11 is 0. The van der Waals surface area contributed by atoms with E-state index in [1.54, 1.807) is 0 Å². The Balaban J connectivity index is 1.72. The molecule has 1 aromatic heterocycles. The molecule has 1 aromatic carbocycles. The van der Waals surface area contributed by atoms with Crippen LogP contribution in [0.25, 0.3) is 0 Å². The van der Waals surface area contributed by atoms with Crippen molar-refractivity contribution in [3.63, 3.8) is 0 Å². The number of aromatic nitrogens is 2. The summed E-state index contributed by atoms with van der Waals surface area (Å²) in [6.07, 6.45) is 2.59. The summed E-state index contributed by atoms with van der Waals surface area (Å²) in [5.41, 5.74) is 0.278. The number of nitrogens with one attached hydrogen (secondary N) is 1. The molecule has 1 aliphatic carbocycles. The van der Waals surface area contributed by atoms with Crippen LogP contribution in [0.5, 0.6) is 0 Å². The Bertz CT molecular complexity index is 837. The smallest absolute Gasteiger partial charge is 0.408 e. The summed E-state index contributed by atoms with van der Waals surface area (Å²) in [5.74, 6) is -0.294. The Morgan fingerprint density at radius 2 is 1.86 bits per heavy atom. The summed E-state index contributed by atoms with van der Waals surface area (Å²) in [6, 6.07) is 9.46. The molecule has 2 N–H and O–H groups in total. The van der Waals surface area contributed by atoms with Crippen LogP contribution in [0.2, 0.25) is 0 Å². The van der Waals surface area contributed by atoms with E-state index in [1.165, 1.54) is 0 Å². The lowest BCUT2D eigenvalue weighted by molar-refractivity contribution is -0.137. The quantitative estimate of drug-likeness (QED) is 0.725. The molecule has 8 nitrogen and oxygen atoms in total. The standard InChI is InChI=1S/C21H27N3O5/c1-20(2)10-12-21(13-11-20,18-22-16(29-24-18)8-9-17(25)26)23-19(27)28-14-15-6-4-3-5-7-15/h3-7H,8-14H2,1-2H3,(H,23,27)(H,25,26). The number of aliphatic carboxylic acids is 1. The molecule has 0 bridgehead atoms. The first-order valence-electron chi connectivity index (χ1n) is 9.82. The van der Waals surface area contributed by atoms with Crippen molar-refractivity contribution >= 4 is 12.1 Å². The van der Waals surface area contributed by atoms with Crippen LogP contribution >= 0.6 is 0 Å². The van der Waals surface area contributed by atoms with Gasteiger partial charge in [0.2, 0.25) is 5.89 Å². The van der Waals surface area contributed by atoms with Gasteiger partial charge in [0.05, 0.1) is 6.42 Å². The van der Waals surface area contributed by atoms with Gasteiger partial charge in [-0.25, -0.2) is 4.79 Å². The molecule has 2 aromatic rings. The van der Waals surface area contributed by atoms with E-state index in [-0.39, 0.29) is 30.8 Å². The topological polar surface area (TPSA) is 115 Å². The highest BCUT2D eigenvalue weighted by molar-refractivity contribution is 5.68. The van der Waals surface area contributed by atoms with Gasteiger partial charge in [0.25, 0.3) is 0 Å². The number of carboxylic acid groups (broad SMARTS) is 1. The number of ether oxygens (including phenoxy) is 1. The van der Waals surface area contributed by atoms with Crippen LogP contribution in [0, 0.1) is 5.41 Å². The van der Waals surface area contributed by atoms with Crippen molar-refractivity contribution in [1.82, 2.24) is 15.5 Å². The van der Waals surface area contributed by atoms with Gasteiger partial charge in [0, 0.05) is 6.42 Å². The minimum absolute atomic E-state index is 0.0891. The number of hydrogen-bond acceptors (Lipinski definition) is 6. The first-order valence-corrected chi connectivity index (χ1v) is 9.82. The summed E-state index contributed by atoms with van der Waals surface area (Å²) in [5, 5.41) is 15.9. The molecule has 1 heterocycles. The molecule has 156 valence electrons. The third kappa shape index (κ3) is 5.56. The Morgan fingerprint density at radius 1 is 1.17 bits per heavy atom. The zero-order valence-electron chi connectivity index (χ0n) is 16.8. The third-order valence-corrected chi connectivity index (χ3v) is 5.46. The molecule has 8 heteroatoms. The van der Waals surface area contributed by atoms with Crippen molar-refractivity contribution in [2.45, 2.75) is 64.5 Å². The summed E-state index contributed by atoms with van der Waals surface area (Å²) < 4.78 is 10.6. The SMILES string of the molecule is CC1(C)CCC(NC(=O)OCc2ccccc2)(c2noc(CCC(=O)O)n2)CC1. The average molecular weight is 401 g/mol. The minimum atomic E-state index is -0.929. The van der Waals surface area contributed by atoms with Gasteiger partial charge in [-0.1, -0.05) is 49.3 Å². The number of alkyl carbamates (subject to hydrolysis) is 1. The highest BCUT2D eigenvalue weighted by atomic mass is 16.5. The number of carbonyl (C=O) groups excluding carboxylic acids is 1. The van der Waals surface area contributed by atoms with Crippen molar-refractivity contribution in [1.29, 1.82) is 0 Å². The predicted octanol–water partition coefficient (Wildman–Crippen LogP) is 3.81. The molecule has 1 saturated carbocycles. The zero-order chi connectivity index (χ0) is 20.9. The van der Waals surface area contributed by atoms with E-state index in [1.807, 2.05) is 30.3 Å². The normalized spacial score (nSPS) is 17.4. The van der Waals surface area contributed by atoms with Gasteiger partial charge in [-0.3, -0.25) is 4.79 Å². The zero-order valence-corrected chi connectivity index (χ0v) is 16.8. The van der Waals surface area contributed by atoms with Crippen molar-refractivity contribution in [2.24, 2.45) is 5.41 Å². The molecule has 1 fully saturated rings. The maximum absolute atomic E-state index is 12.5. The van der Waals surface area contributed by atoms with Crippen LogP contribution < -0.4 is 5.32 Å². The van der Waals surface area contributed by atoms with E-state index in [0.717, 1.165) is 18.4 Å². The second kappa shape index (κ2) is 8.63. The lowest BCUT2D eigenvalue weighted by atomic mass is 9.69. The van der Waals surface area contributed by atoms with Crippen LogP contribution in [-0.4, -0.2) is 27.3 Å². The van der Waals surface area contributed by atoms with Crippen LogP contribution in [0.1, 0.15) is 63.2 Å². The third-order valence-electron chi connectivity index (χ3n) is 5.46. The first-order chi connectivity index (χ1) is 13.8. The van der Waals surface area contributed by atoms with Gasteiger partial charge in [0.15, 0.2) is 5.82 Å². The van der Waals surface area contributed by atoms with Crippen LogP contribution in [-0.2, 0) is 28.1 Å². The number of rotatable bonds is 7. The van der Waals surface area contributed by atoms with Gasteiger partial charge in [-0.05, 0) is 36.7 Å². The second-order valence-corrected chi connectivity index (χ2v) is 8.34. The molecule has 0 aliphatic heterocycles. The highest BCUT2D eigenvalue weighted by Crippen LogP contribution is 2.44. The highest BCUT2D eigenvalue weighted by Gasteiger charge is 2.44. The first kappa shape index (κ1) is 20.8. The number of carbonyl (C=O) groups is 2. The Hall–Kier alpha value is -2.90. The molecule has 0 atom stereocenters. The number of nitrogens with zero attached hydrogens (tertiary/aromatic N) is 2. The minimum Gasteiger partial charge on any atom is -0.481 e. The number of benzene rings is 1. The Labute approximate surface area is 169 Å². The van der Waals surface area contributed by atoms with Crippen molar-refractivity contribution in [2.75, 3.05) is 0 Å². The van der Waals surface area contributed by atoms with Gasteiger partial charge >= 0.3 is 12.1 Å². The predicted molar refractivity (Wildman–Crippen MR) is 104 cm³/mol. The van der Waals surface area contributed by atoms with E-state index in [4.69, 9.17) is 14.4 Å². The lowest BCUT2D eigenvalue weighted by Crippen LogP contribution is -2.50. The average Bonchev–Trinajstić information content (AvgIpc) is 3.17. The molecule has 0 radical (unpaired) electrons. The molecule has 1 amide bonds. The largest absolute Gasteiger partial charge is 0.481 e. The Morgan fingerprint density at radius 3 is 2.52 bits per heavy atom. The van der Waals surface area contributed by atoms with Crippen LogP contribution in [0.3, 0.4) is 0 Å². The molecule has 3 rings (SSSR count).